The molecule has 0 unspecified atom stereocenters. The molecule has 0 spiro atoms. The molecule has 0 amide bonds. The maximum absolute atomic E-state index is 12.9. The molecule has 3 heterocycles. The van der Waals surface area contributed by atoms with Crippen molar-refractivity contribution in [3.63, 3.8) is 0 Å². The van der Waals surface area contributed by atoms with Crippen LogP contribution in [0.2, 0.25) is 0 Å². The van der Waals surface area contributed by atoms with Gasteiger partial charge in [-0.05, 0) is 51.5 Å². The highest BCUT2D eigenvalue weighted by atomic mass is 32.2. The lowest BCUT2D eigenvalue weighted by atomic mass is 10.1. The van der Waals surface area contributed by atoms with Crippen LogP contribution >= 0.6 is 11.8 Å². The highest BCUT2D eigenvalue weighted by Gasteiger charge is 2.20. The van der Waals surface area contributed by atoms with Crippen molar-refractivity contribution in [3.05, 3.63) is 99.8 Å². The zero-order chi connectivity index (χ0) is 24.9. The molecule has 4 rings (SSSR count). The van der Waals surface area contributed by atoms with E-state index in [1.165, 1.54) is 11.8 Å². The maximum atomic E-state index is 12.9. The fraction of sp³-hybridized carbons (Fsp3) is 0.259. The minimum atomic E-state index is -0.578. The molecule has 7 nitrogen and oxygen atoms in total. The number of hydrogen-bond donors (Lipinski definition) is 0. The summed E-state index contributed by atoms with van der Waals surface area (Å²) in [7, 11) is 0. The average Bonchev–Trinajstić information content (AvgIpc) is 3.34. The lowest BCUT2D eigenvalue weighted by Gasteiger charge is -2.10. The van der Waals surface area contributed by atoms with Crippen LogP contribution in [0.15, 0.2) is 64.3 Å². The van der Waals surface area contributed by atoms with Gasteiger partial charge in [0.2, 0.25) is 5.78 Å². The highest BCUT2D eigenvalue weighted by molar-refractivity contribution is 7.98. The highest BCUT2D eigenvalue weighted by Crippen LogP contribution is 2.27. The van der Waals surface area contributed by atoms with Crippen molar-refractivity contribution in [2.75, 3.05) is 6.61 Å². The van der Waals surface area contributed by atoms with Gasteiger partial charge in [0, 0.05) is 41.0 Å². The first-order chi connectivity index (χ1) is 16.8. The summed E-state index contributed by atoms with van der Waals surface area (Å²) in [6.45, 7) is 7.95. The number of carbonyl (C=O) groups is 2. The lowest BCUT2D eigenvalue weighted by Crippen LogP contribution is -2.16. The molecule has 4 aromatic rings. The maximum Gasteiger partial charge on any atom is 0.341 e. The van der Waals surface area contributed by atoms with Gasteiger partial charge in [0.05, 0.1) is 11.3 Å². The number of aryl methyl sites for hydroxylation is 3. The van der Waals surface area contributed by atoms with E-state index in [4.69, 9.17) is 9.26 Å². The minimum absolute atomic E-state index is 0.237. The monoisotopic (exact) mass is 489 g/mol. The lowest BCUT2D eigenvalue weighted by molar-refractivity contribution is 0.0470. The Morgan fingerprint density at radius 2 is 1.80 bits per heavy atom. The van der Waals surface area contributed by atoms with Crippen molar-refractivity contribution >= 4 is 23.5 Å². The molecule has 0 aliphatic rings. The molecule has 0 aliphatic carbocycles. The van der Waals surface area contributed by atoms with Crippen molar-refractivity contribution in [2.24, 2.45) is 0 Å². The first-order valence-electron chi connectivity index (χ1n) is 11.3. The van der Waals surface area contributed by atoms with Crippen LogP contribution in [-0.2, 0) is 17.0 Å². The molecule has 0 saturated carbocycles. The number of Topliss-reactive ketones (excluding diaryl/α,β-unsaturated/α-hetero) is 1. The standard InChI is InChI=1S/C27H27N3O4S/c1-17-13-23(19(3)30(17)14-21-9-6-5-7-10-21)25(31)15-33-27(32)22-11-8-12-28-26(22)35-16-24-18(2)29-34-20(24)4/h5-13H,14-16H2,1-4H3. The number of hydrogen-bond acceptors (Lipinski definition) is 7. The Bertz CT molecular complexity index is 1340. The molecule has 180 valence electrons. The van der Waals surface area contributed by atoms with E-state index in [1.54, 1.807) is 18.3 Å². The molecule has 8 heteroatoms. The Kier molecular flexibility index (Phi) is 7.51. The fourth-order valence-corrected chi connectivity index (χ4v) is 5.02. The van der Waals surface area contributed by atoms with E-state index in [0.29, 0.717) is 28.5 Å². The first-order valence-corrected chi connectivity index (χ1v) is 12.2. The van der Waals surface area contributed by atoms with E-state index in [9.17, 15) is 9.59 Å². The number of thioether (sulfide) groups is 1. The molecule has 0 saturated heterocycles. The fourth-order valence-electron chi connectivity index (χ4n) is 3.89. The molecule has 0 radical (unpaired) electrons. The smallest absolute Gasteiger partial charge is 0.341 e. The number of benzene rings is 1. The summed E-state index contributed by atoms with van der Waals surface area (Å²) >= 11 is 1.40. The van der Waals surface area contributed by atoms with Gasteiger partial charge >= 0.3 is 5.97 Å². The van der Waals surface area contributed by atoms with Crippen molar-refractivity contribution in [3.8, 4) is 0 Å². The van der Waals surface area contributed by atoms with Crippen LogP contribution in [0, 0.1) is 27.7 Å². The van der Waals surface area contributed by atoms with Crippen LogP contribution in [0.3, 0.4) is 0 Å². The second-order valence-corrected chi connectivity index (χ2v) is 9.27. The van der Waals surface area contributed by atoms with Gasteiger partial charge in [-0.15, -0.1) is 11.8 Å². The van der Waals surface area contributed by atoms with Gasteiger partial charge < -0.3 is 13.8 Å². The van der Waals surface area contributed by atoms with E-state index in [2.05, 4.69) is 26.8 Å². The van der Waals surface area contributed by atoms with Gasteiger partial charge in [0.15, 0.2) is 6.61 Å². The van der Waals surface area contributed by atoms with Crippen LogP contribution in [0.4, 0.5) is 0 Å². The van der Waals surface area contributed by atoms with Crippen LogP contribution in [-0.4, -0.2) is 33.1 Å². The second kappa shape index (κ2) is 10.7. The third kappa shape index (κ3) is 5.54. The Labute approximate surface area is 208 Å². The van der Waals surface area contributed by atoms with Crippen molar-refractivity contribution in [1.82, 2.24) is 14.7 Å². The molecule has 0 fully saturated rings. The summed E-state index contributed by atoms with van der Waals surface area (Å²) in [5.74, 6) is 0.487. The topological polar surface area (TPSA) is 87.2 Å². The first kappa shape index (κ1) is 24.5. The Morgan fingerprint density at radius 3 is 2.51 bits per heavy atom. The van der Waals surface area contributed by atoms with Crippen molar-refractivity contribution < 1.29 is 18.8 Å². The van der Waals surface area contributed by atoms with Crippen LogP contribution in [0.5, 0.6) is 0 Å². The number of ketones is 1. The predicted molar refractivity (Wildman–Crippen MR) is 134 cm³/mol. The number of pyridine rings is 1. The van der Waals surface area contributed by atoms with Gasteiger partial charge in [-0.2, -0.15) is 0 Å². The molecule has 0 N–H and O–H groups in total. The van der Waals surface area contributed by atoms with Crippen LogP contribution < -0.4 is 0 Å². The van der Waals surface area contributed by atoms with E-state index in [1.807, 2.05) is 52.0 Å². The van der Waals surface area contributed by atoms with Crippen molar-refractivity contribution in [2.45, 2.75) is 45.0 Å². The van der Waals surface area contributed by atoms with E-state index in [0.717, 1.165) is 34.0 Å². The molecular formula is C27H27N3O4S. The van der Waals surface area contributed by atoms with E-state index < -0.39 is 5.97 Å². The zero-order valence-electron chi connectivity index (χ0n) is 20.2. The summed E-state index contributed by atoms with van der Waals surface area (Å²) < 4.78 is 12.7. The summed E-state index contributed by atoms with van der Waals surface area (Å²) in [4.78, 5) is 30.1. The molecule has 0 atom stereocenters. The molecule has 0 aliphatic heterocycles. The summed E-state index contributed by atoms with van der Waals surface area (Å²) in [6, 6.07) is 15.3. The van der Waals surface area contributed by atoms with Crippen molar-refractivity contribution in [1.29, 1.82) is 0 Å². The molecule has 35 heavy (non-hydrogen) atoms. The van der Waals surface area contributed by atoms with Crippen LogP contribution in [0.1, 0.15) is 54.7 Å². The minimum Gasteiger partial charge on any atom is -0.454 e. The average molecular weight is 490 g/mol. The van der Waals surface area contributed by atoms with E-state index in [-0.39, 0.29) is 12.4 Å². The van der Waals surface area contributed by atoms with Gasteiger partial charge in [-0.1, -0.05) is 35.5 Å². The molecule has 0 bridgehead atoms. The van der Waals surface area contributed by atoms with Gasteiger partial charge in [0.25, 0.3) is 0 Å². The largest absolute Gasteiger partial charge is 0.454 e. The quantitative estimate of drug-likeness (QED) is 0.175. The second-order valence-electron chi connectivity index (χ2n) is 8.30. The van der Waals surface area contributed by atoms with Gasteiger partial charge in [-0.25, -0.2) is 9.78 Å². The number of nitrogens with zero attached hydrogens (tertiary/aromatic N) is 3. The normalized spacial score (nSPS) is 11.0. The summed E-state index contributed by atoms with van der Waals surface area (Å²) in [5, 5.41) is 4.50. The van der Waals surface area contributed by atoms with E-state index >= 15 is 0 Å². The molecular weight excluding hydrogens is 462 g/mol. The summed E-state index contributed by atoms with van der Waals surface area (Å²) in [6.07, 6.45) is 1.62. The third-order valence-corrected chi connectivity index (χ3v) is 6.95. The Balaban J connectivity index is 1.42. The number of esters is 1. The summed E-state index contributed by atoms with van der Waals surface area (Å²) in [5.41, 5.74) is 5.65. The molecule has 1 aromatic carbocycles. The Morgan fingerprint density at radius 1 is 1.03 bits per heavy atom. The number of ether oxygens (including phenoxy) is 1. The van der Waals surface area contributed by atoms with Crippen LogP contribution in [0.25, 0.3) is 0 Å². The third-order valence-electron chi connectivity index (χ3n) is 5.92. The number of rotatable bonds is 9. The van der Waals surface area contributed by atoms with Gasteiger partial charge in [0.1, 0.15) is 10.8 Å². The SMILES string of the molecule is Cc1noc(C)c1CSc1ncccc1C(=O)OCC(=O)c1cc(C)n(Cc2ccccc2)c1C. The zero-order valence-corrected chi connectivity index (χ0v) is 21.0. The molecule has 3 aromatic heterocycles. The number of carbonyl (C=O) groups excluding carboxylic acids is 2. The predicted octanol–water partition coefficient (Wildman–Crippen LogP) is 5.49. The van der Waals surface area contributed by atoms with Gasteiger partial charge in [-0.3, -0.25) is 4.79 Å². The number of aromatic nitrogens is 3. The Hall–Kier alpha value is -3.65.